The van der Waals surface area contributed by atoms with Gasteiger partial charge >= 0.3 is 5.97 Å². The van der Waals surface area contributed by atoms with Crippen LogP contribution in [0, 0.1) is 18.3 Å². The minimum Gasteiger partial charge on any atom is -0.490 e. The summed E-state index contributed by atoms with van der Waals surface area (Å²) in [4.78, 5) is 13.6. The normalized spacial score (nSPS) is 17.0. The molecule has 0 aliphatic heterocycles. The monoisotopic (exact) mass is 637 g/mol. The predicted octanol–water partition coefficient (Wildman–Crippen LogP) is 7.88. The first kappa shape index (κ1) is 33.6. The van der Waals surface area contributed by atoms with E-state index in [4.69, 9.17) is 47.9 Å². The molecule has 0 amide bonds. The smallest absolute Gasteiger partial charge is 0.316 e. The third-order valence-corrected chi connectivity index (χ3v) is 8.62. The Balaban J connectivity index is 1.45. The lowest BCUT2D eigenvalue weighted by molar-refractivity contribution is -0.149. The molecule has 0 saturated carbocycles. The number of allylic oxidation sites excluding steroid dienone is 2. The number of aryl methyl sites for hydroxylation is 1. The molecule has 6 nitrogen and oxygen atoms in total. The Morgan fingerprint density at radius 1 is 0.932 bits per heavy atom. The SMILES string of the molecule is COCCCC1(C(=O)OC)CC(C(CN)Cc2ccc(OCCOc3c(Cl)cc(C)cc3Cl)cc2)=CC=C1c1ccccc1. The van der Waals surface area contributed by atoms with Gasteiger partial charge in [0.25, 0.3) is 0 Å². The number of esters is 1. The van der Waals surface area contributed by atoms with E-state index in [1.54, 1.807) is 7.11 Å². The van der Waals surface area contributed by atoms with Crippen LogP contribution in [0.2, 0.25) is 10.0 Å². The van der Waals surface area contributed by atoms with Crippen LogP contribution in [-0.2, 0) is 20.7 Å². The van der Waals surface area contributed by atoms with Crippen molar-refractivity contribution in [3.05, 3.63) is 111 Å². The van der Waals surface area contributed by atoms with Crippen molar-refractivity contribution in [3.8, 4) is 11.5 Å². The maximum Gasteiger partial charge on any atom is 0.316 e. The Hall–Kier alpha value is -3.29. The van der Waals surface area contributed by atoms with E-state index < -0.39 is 5.41 Å². The topological polar surface area (TPSA) is 80.0 Å². The summed E-state index contributed by atoms with van der Waals surface area (Å²) in [6.07, 6.45) is 6.84. The summed E-state index contributed by atoms with van der Waals surface area (Å²) in [5.74, 6) is 1.02. The van der Waals surface area contributed by atoms with Gasteiger partial charge in [0.1, 0.15) is 19.0 Å². The van der Waals surface area contributed by atoms with Crippen LogP contribution >= 0.6 is 23.2 Å². The summed E-state index contributed by atoms with van der Waals surface area (Å²) in [5.41, 5.74) is 10.8. The average molecular weight is 639 g/mol. The fraction of sp³-hybridized carbons (Fsp3) is 0.361. The molecule has 3 aromatic carbocycles. The van der Waals surface area contributed by atoms with Crippen LogP contribution in [0.3, 0.4) is 0 Å². The number of halogens is 2. The Morgan fingerprint density at radius 3 is 2.25 bits per heavy atom. The summed E-state index contributed by atoms with van der Waals surface area (Å²) in [7, 11) is 3.14. The van der Waals surface area contributed by atoms with Crippen LogP contribution < -0.4 is 15.2 Å². The minimum absolute atomic E-state index is 0.0548. The number of hydrogen-bond acceptors (Lipinski definition) is 6. The van der Waals surface area contributed by atoms with Crippen LogP contribution in [0.5, 0.6) is 11.5 Å². The highest BCUT2D eigenvalue weighted by atomic mass is 35.5. The summed E-state index contributed by atoms with van der Waals surface area (Å²) in [5, 5.41) is 0.958. The lowest BCUT2D eigenvalue weighted by atomic mass is 9.65. The first-order valence-corrected chi connectivity index (χ1v) is 15.6. The molecule has 0 spiro atoms. The number of ether oxygens (including phenoxy) is 4. The van der Waals surface area contributed by atoms with Gasteiger partial charge < -0.3 is 24.7 Å². The van der Waals surface area contributed by atoms with Gasteiger partial charge in [-0.25, -0.2) is 0 Å². The molecule has 2 N–H and O–H groups in total. The Bertz CT molecular complexity index is 1430. The molecule has 234 valence electrons. The van der Waals surface area contributed by atoms with Gasteiger partial charge in [0, 0.05) is 13.7 Å². The zero-order chi connectivity index (χ0) is 31.5. The van der Waals surface area contributed by atoms with E-state index in [1.165, 1.54) is 7.11 Å². The van der Waals surface area contributed by atoms with Crippen molar-refractivity contribution in [1.82, 2.24) is 0 Å². The highest BCUT2D eigenvalue weighted by molar-refractivity contribution is 6.37. The van der Waals surface area contributed by atoms with Gasteiger partial charge in [-0.15, -0.1) is 0 Å². The largest absolute Gasteiger partial charge is 0.490 e. The van der Waals surface area contributed by atoms with E-state index in [1.807, 2.05) is 73.7 Å². The maximum absolute atomic E-state index is 13.6. The van der Waals surface area contributed by atoms with Crippen molar-refractivity contribution in [2.24, 2.45) is 17.1 Å². The van der Waals surface area contributed by atoms with Gasteiger partial charge in [-0.3, -0.25) is 4.79 Å². The summed E-state index contributed by atoms with van der Waals surface area (Å²) < 4.78 is 22.4. The van der Waals surface area contributed by atoms with Crippen molar-refractivity contribution >= 4 is 34.7 Å². The molecule has 2 unspecified atom stereocenters. The lowest BCUT2D eigenvalue weighted by Crippen LogP contribution is -2.38. The fourth-order valence-electron chi connectivity index (χ4n) is 5.84. The van der Waals surface area contributed by atoms with Crippen molar-refractivity contribution in [3.63, 3.8) is 0 Å². The van der Waals surface area contributed by atoms with Gasteiger partial charge in [-0.1, -0.05) is 83.4 Å². The molecular formula is C36H41Cl2NO5. The highest BCUT2D eigenvalue weighted by Crippen LogP contribution is 2.49. The minimum atomic E-state index is -0.820. The summed E-state index contributed by atoms with van der Waals surface area (Å²) in [6.45, 7) is 3.59. The Morgan fingerprint density at radius 2 is 1.61 bits per heavy atom. The molecule has 44 heavy (non-hydrogen) atoms. The standard InChI is InChI=1S/C36H41Cl2NO5/c1-25-20-32(37)34(33(38)21-25)44-19-18-43-30-13-10-26(11-14-30)22-29(24-39)28-12-15-31(27-8-5-4-6-9-27)36(23-28,35(40)42-3)16-7-17-41-2/h4-6,8-15,20-21,29H,7,16-19,22-24,39H2,1-3H3. The third kappa shape index (κ3) is 8.24. The molecular weight excluding hydrogens is 597 g/mol. The molecule has 0 radical (unpaired) electrons. The van der Waals surface area contributed by atoms with Crippen molar-refractivity contribution in [2.75, 3.05) is 40.6 Å². The quantitative estimate of drug-likeness (QED) is 0.135. The molecule has 2 atom stereocenters. The highest BCUT2D eigenvalue weighted by Gasteiger charge is 2.45. The van der Waals surface area contributed by atoms with Gasteiger partial charge in [0.05, 0.1) is 22.6 Å². The number of nitrogens with two attached hydrogens (primary N) is 1. The molecule has 8 heteroatoms. The van der Waals surface area contributed by atoms with Crippen molar-refractivity contribution in [1.29, 1.82) is 0 Å². The number of benzene rings is 3. The molecule has 0 aromatic heterocycles. The fourth-order valence-corrected chi connectivity index (χ4v) is 6.55. The van der Waals surface area contributed by atoms with Gasteiger partial charge in [0.2, 0.25) is 0 Å². The van der Waals surface area contributed by atoms with E-state index in [0.29, 0.717) is 55.0 Å². The zero-order valence-electron chi connectivity index (χ0n) is 25.6. The van der Waals surface area contributed by atoms with Crippen molar-refractivity contribution in [2.45, 2.75) is 32.6 Å². The summed E-state index contributed by atoms with van der Waals surface area (Å²) >= 11 is 12.5. The number of carbonyl (C=O) groups excluding carboxylic acids is 1. The maximum atomic E-state index is 13.6. The Labute approximate surface area is 270 Å². The van der Waals surface area contributed by atoms with E-state index in [0.717, 1.165) is 46.4 Å². The molecule has 0 fully saturated rings. The average Bonchev–Trinajstić information content (AvgIpc) is 3.03. The van der Waals surface area contributed by atoms with Gasteiger partial charge in [-0.2, -0.15) is 0 Å². The second kappa shape index (κ2) is 16.1. The lowest BCUT2D eigenvalue weighted by Gasteiger charge is -2.38. The second-order valence-corrected chi connectivity index (χ2v) is 11.9. The van der Waals surface area contributed by atoms with E-state index in [2.05, 4.69) is 12.2 Å². The third-order valence-electron chi connectivity index (χ3n) is 8.05. The van der Waals surface area contributed by atoms with Crippen LogP contribution in [0.15, 0.2) is 84.5 Å². The van der Waals surface area contributed by atoms with Crippen molar-refractivity contribution < 1.29 is 23.7 Å². The second-order valence-electron chi connectivity index (χ2n) is 11.1. The van der Waals surface area contributed by atoms with E-state index in [-0.39, 0.29) is 11.9 Å². The van der Waals surface area contributed by atoms with Crippen LogP contribution in [0.25, 0.3) is 5.57 Å². The molecule has 0 heterocycles. The number of hydrogen-bond donors (Lipinski definition) is 1. The van der Waals surface area contributed by atoms with Crippen LogP contribution in [0.4, 0.5) is 0 Å². The zero-order valence-corrected chi connectivity index (χ0v) is 27.1. The molecule has 4 rings (SSSR count). The van der Waals surface area contributed by atoms with Gasteiger partial charge in [0.15, 0.2) is 5.75 Å². The number of rotatable bonds is 15. The first-order chi connectivity index (χ1) is 21.3. The van der Waals surface area contributed by atoms with E-state index >= 15 is 0 Å². The van der Waals surface area contributed by atoms with E-state index in [9.17, 15) is 4.79 Å². The number of carbonyl (C=O) groups is 1. The van der Waals surface area contributed by atoms with Gasteiger partial charge in [-0.05, 0) is 91.6 Å². The Kier molecular flexibility index (Phi) is 12.3. The van der Waals surface area contributed by atoms with Crippen LogP contribution in [0.1, 0.15) is 36.0 Å². The molecule has 1 aliphatic rings. The number of methoxy groups -OCH3 is 2. The first-order valence-electron chi connectivity index (χ1n) is 14.9. The molecule has 3 aromatic rings. The van der Waals surface area contributed by atoms with Crippen LogP contribution in [-0.4, -0.2) is 46.6 Å². The molecule has 0 saturated heterocycles. The molecule has 0 bridgehead atoms. The summed E-state index contributed by atoms with van der Waals surface area (Å²) in [6, 6.07) is 21.7. The predicted molar refractivity (Wildman–Crippen MR) is 178 cm³/mol. The molecule has 1 aliphatic carbocycles.